The SMILES string of the molecule is CC1(C)c2ccccc2-c2cc3c(cc21)N(c1ccc(-c2ccccc2)cc1)c1ccc(-c2ccc4c(c2)c2ccccc2n4-c2ccccc2)cc1C3(C)C. The smallest absolute Gasteiger partial charge is 0.0541 e. The van der Waals surface area contributed by atoms with Crippen LogP contribution in [-0.2, 0) is 10.8 Å². The molecule has 11 rings (SSSR count). The van der Waals surface area contributed by atoms with Crippen LogP contribution in [-0.4, -0.2) is 4.57 Å². The molecule has 0 amide bonds. The zero-order valence-corrected chi connectivity index (χ0v) is 32.2. The fourth-order valence-corrected chi connectivity index (χ4v) is 9.83. The number of nitrogens with zero attached hydrogens (tertiary/aromatic N) is 2. The monoisotopic (exact) mass is 718 g/mol. The molecule has 8 aromatic carbocycles. The summed E-state index contributed by atoms with van der Waals surface area (Å²) in [6, 6.07) is 67.5. The summed E-state index contributed by atoms with van der Waals surface area (Å²) in [5.74, 6) is 0. The number of anilines is 3. The van der Waals surface area contributed by atoms with Crippen LogP contribution in [0.25, 0.3) is 60.9 Å². The highest BCUT2D eigenvalue weighted by Crippen LogP contribution is 2.58. The first-order valence-corrected chi connectivity index (χ1v) is 19.8. The zero-order valence-electron chi connectivity index (χ0n) is 32.2. The highest BCUT2D eigenvalue weighted by atomic mass is 15.2. The quantitative estimate of drug-likeness (QED) is 0.176. The summed E-state index contributed by atoms with van der Waals surface area (Å²) >= 11 is 0. The summed E-state index contributed by atoms with van der Waals surface area (Å²) in [4.78, 5) is 2.52. The Morgan fingerprint density at radius 2 is 0.929 bits per heavy atom. The van der Waals surface area contributed by atoms with Gasteiger partial charge in [-0.15, -0.1) is 0 Å². The van der Waals surface area contributed by atoms with E-state index >= 15 is 0 Å². The van der Waals surface area contributed by atoms with E-state index in [-0.39, 0.29) is 10.8 Å². The molecule has 2 aliphatic rings. The molecule has 0 unspecified atom stereocenters. The molecule has 0 radical (unpaired) electrons. The van der Waals surface area contributed by atoms with Crippen LogP contribution in [0.15, 0.2) is 182 Å². The molecule has 2 nitrogen and oxygen atoms in total. The zero-order chi connectivity index (χ0) is 37.8. The first kappa shape index (κ1) is 32.8. The van der Waals surface area contributed by atoms with E-state index in [2.05, 4.69) is 219 Å². The second-order valence-corrected chi connectivity index (χ2v) is 16.6. The minimum atomic E-state index is -0.259. The van der Waals surface area contributed by atoms with Crippen molar-refractivity contribution in [1.82, 2.24) is 4.57 Å². The number of benzene rings is 8. The first-order chi connectivity index (χ1) is 27.3. The van der Waals surface area contributed by atoms with Gasteiger partial charge in [0.15, 0.2) is 0 Å². The van der Waals surface area contributed by atoms with E-state index in [1.165, 1.54) is 100 Å². The molecule has 0 spiro atoms. The van der Waals surface area contributed by atoms with Crippen LogP contribution in [0.3, 0.4) is 0 Å². The molecule has 1 aliphatic carbocycles. The molecule has 9 aromatic rings. The molecule has 2 heterocycles. The molecule has 0 bridgehead atoms. The average molecular weight is 719 g/mol. The molecule has 1 aromatic heterocycles. The molecule has 2 heteroatoms. The third-order valence-corrected chi connectivity index (χ3v) is 12.8. The van der Waals surface area contributed by atoms with E-state index in [1.807, 2.05) is 0 Å². The third-order valence-electron chi connectivity index (χ3n) is 12.8. The predicted octanol–water partition coefficient (Wildman–Crippen LogP) is 14.5. The second kappa shape index (κ2) is 11.9. The molecule has 0 saturated carbocycles. The van der Waals surface area contributed by atoms with Gasteiger partial charge in [0, 0.05) is 33.0 Å². The number of hydrogen-bond donors (Lipinski definition) is 0. The van der Waals surface area contributed by atoms with Crippen molar-refractivity contribution in [2.24, 2.45) is 0 Å². The van der Waals surface area contributed by atoms with E-state index in [9.17, 15) is 0 Å². The largest absolute Gasteiger partial charge is 0.310 e. The molecular formula is C54H42N2. The Bertz CT molecular complexity index is 3000. The number of aromatic nitrogens is 1. The van der Waals surface area contributed by atoms with Crippen molar-refractivity contribution < 1.29 is 0 Å². The molecule has 56 heavy (non-hydrogen) atoms. The molecule has 0 N–H and O–H groups in total. The highest BCUT2D eigenvalue weighted by molar-refractivity contribution is 6.10. The number of hydrogen-bond acceptors (Lipinski definition) is 1. The minimum Gasteiger partial charge on any atom is -0.310 e. The van der Waals surface area contributed by atoms with Crippen molar-refractivity contribution in [3.63, 3.8) is 0 Å². The Morgan fingerprint density at radius 3 is 1.73 bits per heavy atom. The number of para-hydroxylation sites is 2. The van der Waals surface area contributed by atoms with Crippen LogP contribution in [0.5, 0.6) is 0 Å². The van der Waals surface area contributed by atoms with Crippen molar-refractivity contribution in [3.05, 3.63) is 204 Å². The van der Waals surface area contributed by atoms with Crippen LogP contribution in [0, 0.1) is 0 Å². The van der Waals surface area contributed by atoms with Gasteiger partial charge in [0.05, 0.1) is 22.4 Å². The molecule has 1 aliphatic heterocycles. The lowest BCUT2D eigenvalue weighted by Crippen LogP contribution is -2.31. The standard InChI is InChI=1S/C54H42N2/c1-53(2)45-21-13-11-19-41(45)43-33-48-52(34-46(43)53)56(40-27-23-36(24-28-40)35-15-7-5-8-16-35)51-30-26-38(32-47(51)54(48,3)4)37-25-29-50-44(31-37)42-20-12-14-22-49(42)55(50)39-17-9-6-10-18-39/h5-34H,1-4H3. The Morgan fingerprint density at radius 1 is 0.339 bits per heavy atom. The lowest BCUT2D eigenvalue weighted by atomic mass is 9.71. The van der Waals surface area contributed by atoms with Crippen molar-refractivity contribution in [3.8, 4) is 39.1 Å². The van der Waals surface area contributed by atoms with Gasteiger partial charge in [-0.05, 0) is 122 Å². The number of fused-ring (bicyclic) bond motifs is 8. The van der Waals surface area contributed by atoms with Crippen molar-refractivity contribution >= 4 is 38.9 Å². The highest BCUT2D eigenvalue weighted by Gasteiger charge is 2.42. The van der Waals surface area contributed by atoms with Crippen molar-refractivity contribution in [1.29, 1.82) is 0 Å². The van der Waals surface area contributed by atoms with Crippen LogP contribution >= 0.6 is 0 Å². The normalized spacial score (nSPS) is 14.7. The van der Waals surface area contributed by atoms with Crippen LogP contribution in [0.2, 0.25) is 0 Å². The molecule has 0 fully saturated rings. The maximum Gasteiger partial charge on any atom is 0.0541 e. The lowest BCUT2D eigenvalue weighted by Gasteiger charge is -2.43. The Kier molecular flexibility index (Phi) is 6.98. The van der Waals surface area contributed by atoms with Crippen LogP contribution in [0.1, 0.15) is 49.9 Å². The average Bonchev–Trinajstić information content (AvgIpc) is 3.69. The molecule has 0 saturated heterocycles. The van der Waals surface area contributed by atoms with Gasteiger partial charge in [-0.1, -0.05) is 143 Å². The van der Waals surface area contributed by atoms with Gasteiger partial charge in [-0.3, -0.25) is 0 Å². The lowest BCUT2D eigenvalue weighted by molar-refractivity contribution is 0.627. The maximum absolute atomic E-state index is 2.52. The van der Waals surface area contributed by atoms with Gasteiger partial charge in [-0.25, -0.2) is 0 Å². The van der Waals surface area contributed by atoms with Crippen LogP contribution in [0.4, 0.5) is 17.1 Å². The number of rotatable bonds is 4. The van der Waals surface area contributed by atoms with Gasteiger partial charge < -0.3 is 9.47 Å². The Balaban J connectivity index is 1.11. The van der Waals surface area contributed by atoms with Crippen LogP contribution < -0.4 is 4.90 Å². The van der Waals surface area contributed by atoms with E-state index in [0.717, 1.165) is 0 Å². The summed E-state index contributed by atoms with van der Waals surface area (Å²) in [5.41, 5.74) is 20.0. The predicted molar refractivity (Wildman–Crippen MR) is 236 cm³/mol. The summed E-state index contributed by atoms with van der Waals surface area (Å²) in [5, 5.41) is 2.53. The second-order valence-electron chi connectivity index (χ2n) is 16.6. The Hall–Kier alpha value is -6.64. The van der Waals surface area contributed by atoms with Gasteiger partial charge in [-0.2, -0.15) is 0 Å². The third kappa shape index (κ3) is 4.69. The maximum atomic E-state index is 2.52. The van der Waals surface area contributed by atoms with Gasteiger partial charge in [0.2, 0.25) is 0 Å². The Labute approximate surface area is 328 Å². The fourth-order valence-electron chi connectivity index (χ4n) is 9.83. The van der Waals surface area contributed by atoms with Gasteiger partial charge >= 0.3 is 0 Å². The summed E-state index contributed by atoms with van der Waals surface area (Å²) in [7, 11) is 0. The molecular weight excluding hydrogens is 677 g/mol. The molecule has 0 atom stereocenters. The van der Waals surface area contributed by atoms with E-state index in [0.29, 0.717) is 0 Å². The van der Waals surface area contributed by atoms with Crippen molar-refractivity contribution in [2.75, 3.05) is 4.90 Å². The summed E-state index contributed by atoms with van der Waals surface area (Å²) < 4.78 is 2.39. The van der Waals surface area contributed by atoms with E-state index in [4.69, 9.17) is 0 Å². The van der Waals surface area contributed by atoms with E-state index < -0.39 is 0 Å². The topological polar surface area (TPSA) is 8.17 Å². The van der Waals surface area contributed by atoms with E-state index in [1.54, 1.807) is 0 Å². The van der Waals surface area contributed by atoms with Crippen molar-refractivity contribution in [2.45, 2.75) is 38.5 Å². The molecule has 268 valence electrons. The summed E-state index contributed by atoms with van der Waals surface area (Å²) in [6.07, 6.45) is 0. The van der Waals surface area contributed by atoms with Gasteiger partial charge in [0.25, 0.3) is 0 Å². The fraction of sp³-hybridized carbons (Fsp3) is 0.111. The minimum absolute atomic E-state index is 0.0969. The first-order valence-electron chi connectivity index (χ1n) is 19.8. The summed E-state index contributed by atoms with van der Waals surface area (Å²) in [6.45, 7) is 9.59. The van der Waals surface area contributed by atoms with Gasteiger partial charge in [0.1, 0.15) is 0 Å².